The van der Waals surface area contributed by atoms with Gasteiger partial charge in [-0.25, -0.2) is 9.78 Å². The van der Waals surface area contributed by atoms with E-state index in [0.717, 1.165) is 22.6 Å². The number of methoxy groups -OCH3 is 1. The van der Waals surface area contributed by atoms with Gasteiger partial charge in [0, 0.05) is 24.5 Å². The van der Waals surface area contributed by atoms with Crippen LogP contribution in [0.1, 0.15) is 26.7 Å². The standard InChI is InChI=1S/C23H27N5O4S/c1-14(2)19(26-23(31)32-3)21(30)28-11-7-10-17(28)20(29)25-18-13-27-12-16(24-22(27)33-18)15-8-5-4-6-9-15/h4-6,8-9,12-14,17,19H,7,10-11H2,1-3H3,(H,25,29)(H,26,31)/t17-,19-/m0/s1. The van der Waals surface area contributed by atoms with Crippen molar-refractivity contribution in [1.29, 1.82) is 0 Å². The fourth-order valence-corrected chi connectivity index (χ4v) is 4.86. The fourth-order valence-electron chi connectivity index (χ4n) is 3.99. The number of anilines is 1. The summed E-state index contributed by atoms with van der Waals surface area (Å²) in [5, 5.41) is 6.19. The van der Waals surface area contributed by atoms with E-state index in [1.54, 1.807) is 4.90 Å². The van der Waals surface area contributed by atoms with Gasteiger partial charge in [-0.2, -0.15) is 0 Å². The van der Waals surface area contributed by atoms with Crippen molar-refractivity contribution in [3.8, 4) is 11.3 Å². The fraction of sp³-hybridized carbons (Fsp3) is 0.391. The molecule has 2 aromatic heterocycles. The Bertz CT molecular complexity index is 1120. The Morgan fingerprint density at radius 3 is 2.61 bits per heavy atom. The molecule has 1 aliphatic heterocycles. The summed E-state index contributed by atoms with van der Waals surface area (Å²) in [6, 6.07) is 8.54. The van der Waals surface area contributed by atoms with E-state index in [4.69, 9.17) is 0 Å². The lowest BCUT2D eigenvalue weighted by Crippen LogP contribution is -2.54. The van der Waals surface area contributed by atoms with Crippen molar-refractivity contribution in [2.45, 2.75) is 38.8 Å². The van der Waals surface area contributed by atoms with Gasteiger partial charge >= 0.3 is 6.09 Å². The molecule has 2 atom stereocenters. The second-order valence-electron chi connectivity index (χ2n) is 8.31. The normalized spacial score (nSPS) is 16.7. The van der Waals surface area contributed by atoms with Crippen LogP contribution in [0.25, 0.3) is 16.2 Å². The van der Waals surface area contributed by atoms with Crippen molar-refractivity contribution in [3.63, 3.8) is 0 Å². The quantitative estimate of drug-likeness (QED) is 0.576. The lowest BCUT2D eigenvalue weighted by molar-refractivity contribution is -0.139. The van der Waals surface area contributed by atoms with Crippen LogP contribution in [0.2, 0.25) is 0 Å². The van der Waals surface area contributed by atoms with Gasteiger partial charge in [0.25, 0.3) is 0 Å². The highest BCUT2D eigenvalue weighted by Crippen LogP contribution is 2.28. The monoisotopic (exact) mass is 469 g/mol. The Balaban J connectivity index is 1.46. The maximum Gasteiger partial charge on any atom is 0.407 e. The first-order valence-corrected chi connectivity index (χ1v) is 11.7. The molecule has 0 aliphatic carbocycles. The Morgan fingerprint density at radius 1 is 1.18 bits per heavy atom. The summed E-state index contributed by atoms with van der Waals surface area (Å²) in [4.78, 5) is 44.8. The number of carbonyl (C=O) groups is 3. The molecule has 1 saturated heterocycles. The van der Waals surface area contributed by atoms with Crippen LogP contribution in [0.15, 0.2) is 42.7 Å². The lowest BCUT2D eigenvalue weighted by Gasteiger charge is -2.30. The lowest BCUT2D eigenvalue weighted by atomic mass is 10.0. The number of rotatable bonds is 6. The molecule has 3 aromatic rings. The SMILES string of the molecule is COC(=O)N[C@H](C(=O)N1CCC[C@H]1C(=O)Nc1cn2cc(-c3ccccc3)nc2s1)C(C)C. The Labute approximate surface area is 195 Å². The zero-order chi connectivity index (χ0) is 23.5. The number of thiazole rings is 1. The van der Waals surface area contributed by atoms with Gasteiger partial charge in [-0.15, -0.1) is 0 Å². The van der Waals surface area contributed by atoms with Crippen molar-refractivity contribution in [1.82, 2.24) is 19.6 Å². The number of fused-ring (bicyclic) bond motifs is 1. The van der Waals surface area contributed by atoms with Crippen LogP contribution >= 0.6 is 11.3 Å². The third-order valence-corrected chi connectivity index (χ3v) is 6.61. The van der Waals surface area contributed by atoms with Crippen LogP contribution in [0.4, 0.5) is 9.80 Å². The summed E-state index contributed by atoms with van der Waals surface area (Å²) in [5.41, 5.74) is 1.89. The van der Waals surface area contributed by atoms with Gasteiger partial charge in [0.05, 0.1) is 12.8 Å². The van der Waals surface area contributed by atoms with Crippen molar-refractivity contribution in [3.05, 3.63) is 42.7 Å². The van der Waals surface area contributed by atoms with E-state index in [-0.39, 0.29) is 17.7 Å². The van der Waals surface area contributed by atoms with Gasteiger partial charge < -0.3 is 20.3 Å². The van der Waals surface area contributed by atoms with Crippen LogP contribution in [0.3, 0.4) is 0 Å². The minimum Gasteiger partial charge on any atom is -0.453 e. The van der Waals surface area contributed by atoms with E-state index in [1.807, 2.05) is 61.0 Å². The van der Waals surface area contributed by atoms with Gasteiger partial charge in [-0.3, -0.25) is 14.0 Å². The first kappa shape index (κ1) is 22.8. The van der Waals surface area contributed by atoms with E-state index >= 15 is 0 Å². The highest BCUT2D eigenvalue weighted by molar-refractivity contribution is 7.21. The van der Waals surface area contributed by atoms with E-state index in [0.29, 0.717) is 18.0 Å². The molecule has 0 saturated carbocycles. The van der Waals surface area contributed by atoms with Crippen molar-refractivity contribution in [2.75, 3.05) is 19.0 Å². The summed E-state index contributed by atoms with van der Waals surface area (Å²) in [6.07, 6.45) is 4.38. The van der Waals surface area contributed by atoms with E-state index < -0.39 is 18.2 Å². The number of carbonyl (C=O) groups excluding carboxylic acids is 3. The Morgan fingerprint density at radius 2 is 1.94 bits per heavy atom. The first-order chi connectivity index (χ1) is 15.9. The number of hydrogen-bond donors (Lipinski definition) is 2. The Hall–Kier alpha value is -3.40. The Kier molecular flexibility index (Phi) is 6.64. The van der Waals surface area contributed by atoms with Crippen LogP contribution in [0, 0.1) is 5.92 Å². The highest BCUT2D eigenvalue weighted by Gasteiger charge is 2.39. The second-order valence-corrected chi connectivity index (χ2v) is 9.32. The molecule has 9 nitrogen and oxygen atoms in total. The summed E-state index contributed by atoms with van der Waals surface area (Å²) in [6.45, 7) is 4.15. The van der Waals surface area contributed by atoms with Crippen LogP contribution in [-0.4, -0.2) is 57.9 Å². The van der Waals surface area contributed by atoms with Gasteiger partial charge in [0.15, 0.2) is 4.96 Å². The second kappa shape index (κ2) is 9.62. The molecule has 174 valence electrons. The number of nitrogens with zero attached hydrogens (tertiary/aromatic N) is 3. The molecular weight excluding hydrogens is 442 g/mol. The predicted octanol–water partition coefficient (Wildman–Crippen LogP) is 3.37. The zero-order valence-electron chi connectivity index (χ0n) is 18.8. The molecule has 33 heavy (non-hydrogen) atoms. The maximum atomic E-state index is 13.1. The smallest absolute Gasteiger partial charge is 0.407 e. The summed E-state index contributed by atoms with van der Waals surface area (Å²) in [7, 11) is 1.25. The van der Waals surface area contributed by atoms with Crippen molar-refractivity contribution in [2.24, 2.45) is 5.92 Å². The number of alkyl carbamates (subject to hydrolysis) is 1. The minimum absolute atomic E-state index is 0.148. The van der Waals surface area contributed by atoms with E-state index in [1.165, 1.54) is 18.4 Å². The molecule has 2 N–H and O–H groups in total. The number of benzene rings is 1. The largest absolute Gasteiger partial charge is 0.453 e. The van der Waals surface area contributed by atoms with Crippen LogP contribution in [-0.2, 0) is 14.3 Å². The molecular formula is C23H27N5O4S. The topological polar surface area (TPSA) is 105 Å². The van der Waals surface area contributed by atoms with Crippen molar-refractivity contribution < 1.29 is 19.1 Å². The molecule has 10 heteroatoms. The zero-order valence-corrected chi connectivity index (χ0v) is 19.6. The molecule has 1 aromatic carbocycles. The summed E-state index contributed by atoms with van der Waals surface area (Å²) < 4.78 is 6.53. The average molecular weight is 470 g/mol. The number of likely N-dealkylation sites (tertiary alicyclic amines) is 1. The van der Waals surface area contributed by atoms with E-state index in [2.05, 4.69) is 20.4 Å². The van der Waals surface area contributed by atoms with Crippen molar-refractivity contribution >= 4 is 39.2 Å². The highest BCUT2D eigenvalue weighted by atomic mass is 32.1. The molecule has 0 unspecified atom stereocenters. The molecule has 0 bridgehead atoms. The minimum atomic E-state index is -0.757. The van der Waals surface area contributed by atoms with Gasteiger partial charge in [0.2, 0.25) is 11.8 Å². The van der Waals surface area contributed by atoms with Gasteiger partial charge in [-0.05, 0) is 18.8 Å². The van der Waals surface area contributed by atoms with Crippen LogP contribution < -0.4 is 10.6 Å². The number of imidazole rings is 1. The first-order valence-electron chi connectivity index (χ1n) is 10.9. The molecule has 0 radical (unpaired) electrons. The molecule has 4 rings (SSSR count). The van der Waals surface area contributed by atoms with Crippen LogP contribution in [0.5, 0.6) is 0 Å². The summed E-state index contributed by atoms with van der Waals surface area (Å²) >= 11 is 1.38. The molecule has 3 amide bonds. The number of hydrogen-bond acceptors (Lipinski definition) is 6. The van der Waals surface area contributed by atoms with E-state index in [9.17, 15) is 14.4 Å². The average Bonchev–Trinajstić information content (AvgIpc) is 3.52. The maximum absolute atomic E-state index is 13.1. The molecule has 1 aliphatic rings. The molecule has 1 fully saturated rings. The van der Waals surface area contributed by atoms with Gasteiger partial charge in [-0.1, -0.05) is 55.5 Å². The summed E-state index contributed by atoms with van der Waals surface area (Å²) in [5.74, 6) is -0.666. The molecule has 0 spiro atoms. The third-order valence-electron chi connectivity index (χ3n) is 5.70. The van der Waals surface area contributed by atoms with Gasteiger partial charge in [0.1, 0.15) is 17.1 Å². The predicted molar refractivity (Wildman–Crippen MR) is 126 cm³/mol. The third kappa shape index (κ3) is 4.85. The molecule has 3 heterocycles. The number of aromatic nitrogens is 2. The number of ether oxygens (including phenoxy) is 1. The number of amides is 3. The number of nitrogens with one attached hydrogen (secondary N) is 2.